The average molecular weight is 339 g/mol. The Morgan fingerprint density at radius 1 is 1.43 bits per heavy atom. The first-order chi connectivity index (χ1) is 11.2. The zero-order valence-corrected chi connectivity index (χ0v) is 14.9. The summed E-state index contributed by atoms with van der Waals surface area (Å²) in [5.41, 5.74) is 0.828. The van der Waals surface area contributed by atoms with E-state index in [1.165, 1.54) is 32.4 Å². The van der Waals surface area contributed by atoms with E-state index in [4.69, 9.17) is 4.74 Å². The van der Waals surface area contributed by atoms with E-state index in [1.54, 1.807) is 6.07 Å². The molecule has 0 amide bonds. The second-order valence-corrected chi connectivity index (χ2v) is 6.81. The van der Waals surface area contributed by atoms with E-state index >= 15 is 0 Å². The van der Waals surface area contributed by atoms with Crippen molar-refractivity contribution in [1.82, 2.24) is 10.6 Å². The van der Waals surface area contributed by atoms with Crippen LogP contribution in [0.4, 0.5) is 4.39 Å². The number of nitrogens with zero attached hydrogens (tertiary/aromatic N) is 1. The third-order valence-electron chi connectivity index (χ3n) is 4.04. The zero-order chi connectivity index (χ0) is 16.7. The van der Waals surface area contributed by atoms with Crippen LogP contribution in [0.15, 0.2) is 23.2 Å². The summed E-state index contributed by atoms with van der Waals surface area (Å²) in [5.74, 6) is 0.712. The topological polar surface area (TPSA) is 45.7 Å². The number of rotatable bonds is 6. The lowest BCUT2D eigenvalue weighted by Crippen LogP contribution is -2.42. The number of ether oxygens (including phenoxy) is 1. The summed E-state index contributed by atoms with van der Waals surface area (Å²) < 4.78 is 18.7. The van der Waals surface area contributed by atoms with Crippen molar-refractivity contribution < 1.29 is 9.13 Å². The van der Waals surface area contributed by atoms with E-state index in [0.717, 1.165) is 23.3 Å². The number of halogens is 1. The summed E-state index contributed by atoms with van der Waals surface area (Å²) >= 11 is 1.94. The van der Waals surface area contributed by atoms with Crippen molar-refractivity contribution in [2.75, 3.05) is 19.9 Å². The normalized spacial score (nSPS) is 21.3. The van der Waals surface area contributed by atoms with Gasteiger partial charge < -0.3 is 15.4 Å². The van der Waals surface area contributed by atoms with Crippen molar-refractivity contribution in [1.29, 1.82) is 0 Å². The predicted octanol–water partition coefficient (Wildman–Crippen LogP) is 3.17. The lowest BCUT2D eigenvalue weighted by molar-refractivity contribution is 0.386. The van der Waals surface area contributed by atoms with Crippen molar-refractivity contribution in [2.45, 2.75) is 44.0 Å². The summed E-state index contributed by atoms with van der Waals surface area (Å²) in [7, 11) is 1.47. The third kappa shape index (κ3) is 5.30. The van der Waals surface area contributed by atoms with Gasteiger partial charge in [0.05, 0.1) is 13.7 Å². The molecule has 1 aromatic carbocycles. The summed E-state index contributed by atoms with van der Waals surface area (Å²) in [6.07, 6.45) is 5.77. The maximum atomic E-state index is 13.7. The fraction of sp³-hybridized carbons (Fsp3) is 0.588. The molecule has 4 nitrogen and oxygen atoms in total. The van der Waals surface area contributed by atoms with E-state index in [-0.39, 0.29) is 11.6 Å². The summed E-state index contributed by atoms with van der Waals surface area (Å²) in [5, 5.41) is 7.50. The summed E-state index contributed by atoms with van der Waals surface area (Å²) in [6, 6.07) is 5.43. The highest BCUT2D eigenvalue weighted by Gasteiger charge is 2.24. The maximum Gasteiger partial charge on any atom is 0.191 e. The number of aliphatic imine (C=N–C) groups is 1. The molecule has 2 rings (SSSR count). The standard InChI is InChI=1S/C17H26FN3OS/c1-4-19-17(21-13-6-7-14(10-13)23-3)20-11-12-5-8-16(22-2)15(18)9-12/h5,8-9,13-14H,4,6-7,10-11H2,1-3H3,(H2,19,20,21). The Kier molecular flexibility index (Phi) is 7.02. The van der Waals surface area contributed by atoms with E-state index in [9.17, 15) is 4.39 Å². The predicted molar refractivity (Wildman–Crippen MR) is 95.8 cm³/mol. The summed E-state index contributed by atoms with van der Waals surface area (Å²) in [4.78, 5) is 4.57. The molecule has 0 aromatic heterocycles. The van der Waals surface area contributed by atoms with Gasteiger partial charge >= 0.3 is 0 Å². The van der Waals surface area contributed by atoms with Crippen molar-refractivity contribution in [3.8, 4) is 5.75 Å². The highest BCUT2D eigenvalue weighted by molar-refractivity contribution is 7.99. The number of nitrogens with one attached hydrogen (secondary N) is 2. The Hall–Kier alpha value is -1.43. The first-order valence-electron chi connectivity index (χ1n) is 8.06. The number of thioether (sulfide) groups is 1. The molecule has 1 aliphatic carbocycles. The van der Waals surface area contributed by atoms with Crippen LogP contribution in [0.25, 0.3) is 0 Å². The van der Waals surface area contributed by atoms with E-state index in [2.05, 4.69) is 21.9 Å². The fourth-order valence-electron chi connectivity index (χ4n) is 2.78. The van der Waals surface area contributed by atoms with Gasteiger partial charge in [-0.15, -0.1) is 0 Å². The van der Waals surface area contributed by atoms with E-state index in [0.29, 0.717) is 12.6 Å². The molecule has 2 N–H and O–H groups in total. The SMILES string of the molecule is CCNC(=NCc1ccc(OC)c(F)c1)NC1CCC(SC)C1. The Morgan fingerprint density at radius 3 is 2.87 bits per heavy atom. The molecule has 0 bridgehead atoms. The molecular formula is C17H26FN3OS. The molecule has 0 saturated heterocycles. The van der Waals surface area contributed by atoms with E-state index in [1.807, 2.05) is 24.8 Å². The molecule has 1 fully saturated rings. The van der Waals surface area contributed by atoms with Crippen LogP contribution in [0.3, 0.4) is 0 Å². The van der Waals surface area contributed by atoms with E-state index < -0.39 is 0 Å². The smallest absolute Gasteiger partial charge is 0.191 e. The minimum atomic E-state index is -0.350. The number of methoxy groups -OCH3 is 1. The van der Waals surface area contributed by atoms with Crippen molar-refractivity contribution in [2.24, 2.45) is 4.99 Å². The van der Waals surface area contributed by atoms with Gasteiger partial charge in [0.15, 0.2) is 17.5 Å². The van der Waals surface area contributed by atoms with Crippen LogP contribution >= 0.6 is 11.8 Å². The van der Waals surface area contributed by atoms with Crippen molar-refractivity contribution >= 4 is 17.7 Å². The quantitative estimate of drug-likeness (QED) is 0.617. The first kappa shape index (κ1) is 17.9. The molecule has 0 heterocycles. The molecule has 1 saturated carbocycles. The van der Waals surface area contributed by atoms with Gasteiger partial charge in [-0.25, -0.2) is 9.38 Å². The molecule has 0 aliphatic heterocycles. The molecule has 2 unspecified atom stereocenters. The minimum absolute atomic E-state index is 0.261. The Bertz CT molecular complexity index is 539. The van der Waals surface area contributed by atoms with Gasteiger partial charge in [0, 0.05) is 17.8 Å². The third-order valence-corrected chi connectivity index (χ3v) is 5.13. The van der Waals surface area contributed by atoms with Crippen LogP contribution in [-0.2, 0) is 6.54 Å². The van der Waals surface area contributed by atoms with Crippen LogP contribution in [0.1, 0.15) is 31.7 Å². The molecule has 128 valence electrons. The van der Waals surface area contributed by atoms with Gasteiger partial charge in [0.2, 0.25) is 0 Å². The lowest BCUT2D eigenvalue weighted by Gasteiger charge is -2.17. The molecule has 2 atom stereocenters. The van der Waals surface area contributed by atoms with Crippen LogP contribution in [-0.4, -0.2) is 37.2 Å². The molecular weight excluding hydrogens is 313 g/mol. The van der Waals surface area contributed by atoms with Crippen molar-refractivity contribution in [3.05, 3.63) is 29.6 Å². The molecule has 6 heteroatoms. The Balaban J connectivity index is 1.97. The van der Waals surface area contributed by atoms with Gasteiger partial charge in [-0.2, -0.15) is 11.8 Å². The van der Waals surface area contributed by atoms with Gasteiger partial charge in [-0.1, -0.05) is 6.07 Å². The monoisotopic (exact) mass is 339 g/mol. The van der Waals surface area contributed by atoms with Crippen LogP contribution in [0.2, 0.25) is 0 Å². The van der Waals surface area contributed by atoms with Crippen LogP contribution in [0, 0.1) is 5.82 Å². The zero-order valence-electron chi connectivity index (χ0n) is 14.1. The molecule has 23 heavy (non-hydrogen) atoms. The van der Waals surface area contributed by atoms with Gasteiger partial charge in [-0.05, 0) is 50.1 Å². The minimum Gasteiger partial charge on any atom is -0.494 e. The first-order valence-corrected chi connectivity index (χ1v) is 9.35. The molecule has 1 aromatic rings. The highest BCUT2D eigenvalue weighted by atomic mass is 32.2. The van der Waals surface area contributed by atoms with Gasteiger partial charge in [0.1, 0.15) is 0 Å². The molecule has 0 spiro atoms. The van der Waals surface area contributed by atoms with Crippen LogP contribution in [0.5, 0.6) is 5.75 Å². The second kappa shape index (κ2) is 9.01. The summed E-state index contributed by atoms with van der Waals surface area (Å²) in [6.45, 7) is 3.29. The molecule has 0 radical (unpaired) electrons. The average Bonchev–Trinajstić information content (AvgIpc) is 3.00. The fourth-order valence-corrected chi connectivity index (χ4v) is 3.57. The van der Waals surface area contributed by atoms with Gasteiger partial charge in [0.25, 0.3) is 0 Å². The number of guanidine groups is 1. The highest BCUT2D eigenvalue weighted by Crippen LogP contribution is 2.28. The maximum absolute atomic E-state index is 13.7. The number of hydrogen-bond donors (Lipinski definition) is 2. The lowest BCUT2D eigenvalue weighted by atomic mass is 10.2. The second-order valence-electron chi connectivity index (χ2n) is 5.68. The van der Waals surface area contributed by atoms with Gasteiger partial charge in [-0.3, -0.25) is 0 Å². The number of hydrogen-bond acceptors (Lipinski definition) is 3. The van der Waals surface area contributed by atoms with Crippen LogP contribution < -0.4 is 15.4 Å². The Morgan fingerprint density at radius 2 is 2.26 bits per heavy atom. The Labute approximate surface area is 142 Å². The van der Waals surface area contributed by atoms with Crippen molar-refractivity contribution in [3.63, 3.8) is 0 Å². The number of benzene rings is 1. The largest absolute Gasteiger partial charge is 0.494 e. The molecule has 1 aliphatic rings.